The van der Waals surface area contributed by atoms with E-state index in [1.54, 1.807) is 0 Å². The van der Waals surface area contributed by atoms with Crippen LogP contribution in [-0.2, 0) is 0 Å². The molecule has 32 heavy (non-hydrogen) atoms. The molecule has 2 heteroatoms. The summed E-state index contributed by atoms with van der Waals surface area (Å²) in [6, 6.07) is 21.6. The Morgan fingerprint density at radius 3 is 2.22 bits per heavy atom. The summed E-state index contributed by atoms with van der Waals surface area (Å²) in [7, 11) is 0. The third kappa shape index (κ3) is 5.31. The highest BCUT2D eigenvalue weighted by molar-refractivity contribution is 5.90. The van der Waals surface area contributed by atoms with Crippen LogP contribution < -0.4 is 10.6 Å². The molecule has 4 rings (SSSR count). The number of hydrogen-bond acceptors (Lipinski definition) is 2. The molecule has 0 spiro atoms. The quantitative estimate of drug-likeness (QED) is 0.434. The first kappa shape index (κ1) is 22.0. The van der Waals surface area contributed by atoms with Crippen molar-refractivity contribution >= 4 is 11.1 Å². The number of rotatable bonds is 8. The highest BCUT2D eigenvalue weighted by Gasteiger charge is 2.22. The fourth-order valence-corrected chi connectivity index (χ4v) is 4.61. The fraction of sp³-hybridized carbons (Fsp3) is 0.267. The van der Waals surface area contributed by atoms with Crippen LogP contribution in [0.2, 0.25) is 0 Å². The van der Waals surface area contributed by atoms with E-state index in [1.165, 1.54) is 52.2 Å². The van der Waals surface area contributed by atoms with E-state index in [9.17, 15) is 0 Å². The van der Waals surface area contributed by atoms with Crippen molar-refractivity contribution in [1.82, 2.24) is 10.6 Å². The Hall–Kier alpha value is -3.26. The lowest BCUT2D eigenvalue weighted by Gasteiger charge is -2.29. The highest BCUT2D eigenvalue weighted by Crippen LogP contribution is 2.37. The Morgan fingerprint density at radius 2 is 1.53 bits per heavy atom. The normalized spacial score (nSPS) is 16.8. The summed E-state index contributed by atoms with van der Waals surface area (Å²) in [5, 5.41) is 7.62. The summed E-state index contributed by atoms with van der Waals surface area (Å²) in [5.41, 5.74) is 10.3. The van der Waals surface area contributed by atoms with Gasteiger partial charge in [0.25, 0.3) is 0 Å². The summed E-state index contributed by atoms with van der Waals surface area (Å²) < 4.78 is 0. The van der Waals surface area contributed by atoms with Crippen molar-refractivity contribution in [1.29, 1.82) is 0 Å². The van der Waals surface area contributed by atoms with Gasteiger partial charge in [-0.1, -0.05) is 85.5 Å². The number of nitrogens with one attached hydrogen (secondary N) is 2. The lowest BCUT2D eigenvalue weighted by Crippen LogP contribution is -2.27. The lowest BCUT2D eigenvalue weighted by molar-refractivity contribution is 0.603. The first-order chi connectivity index (χ1) is 15.8. The molecule has 164 valence electrons. The Balaban J connectivity index is 1.72. The third-order valence-corrected chi connectivity index (χ3v) is 6.20. The number of benzene rings is 2. The van der Waals surface area contributed by atoms with Crippen LogP contribution in [0.5, 0.6) is 0 Å². The minimum atomic E-state index is 0.789. The van der Waals surface area contributed by atoms with Crippen molar-refractivity contribution in [3.63, 3.8) is 0 Å². The van der Waals surface area contributed by atoms with Crippen LogP contribution in [0.3, 0.4) is 0 Å². The molecule has 2 aromatic carbocycles. The molecule has 2 N–H and O–H groups in total. The summed E-state index contributed by atoms with van der Waals surface area (Å²) >= 11 is 0. The Morgan fingerprint density at radius 1 is 0.875 bits per heavy atom. The van der Waals surface area contributed by atoms with Crippen LogP contribution in [0.25, 0.3) is 11.1 Å². The molecule has 0 bridgehead atoms. The van der Waals surface area contributed by atoms with Gasteiger partial charge in [-0.05, 0) is 67.7 Å². The van der Waals surface area contributed by atoms with Crippen LogP contribution in [-0.4, -0.2) is 6.54 Å². The SMILES string of the molecule is C=C(/C=C\C)CNC1=C(NC2=C(c3ccccc3)CCC=C2c2ccccc2)CCCC1. The van der Waals surface area contributed by atoms with Gasteiger partial charge in [-0.15, -0.1) is 0 Å². The minimum absolute atomic E-state index is 0.789. The van der Waals surface area contributed by atoms with Crippen molar-refractivity contribution in [2.45, 2.75) is 45.4 Å². The number of allylic oxidation sites excluding steroid dienone is 6. The van der Waals surface area contributed by atoms with E-state index in [2.05, 4.69) is 90.0 Å². The van der Waals surface area contributed by atoms with Gasteiger partial charge in [0.05, 0.1) is 0 Å². The van der Waals surface area contributed by atoms with Gasteiger partial charge < -0.3 is 10.6 Å². The molecular formula is C30H34N2. The molecule has 0 heterocycles. The molecule has 0 amide bonds. The van der Waals surface area contributed by atoms with Gasteiger partial charge in [-0.2, -0.15) is 0 Å². The summed E-state index contributed by atoms with van der Waals surface area (Å²) in [5.74, 6) is 0. The predicted octanol–water partition coefficient (Wildman–Crippen LogP) is 7.37. The Bertz CT molecular complexity index is 1050. The third-order valence-electron chi connectivity index (χ3n) is 6.20. The average molecular weight is 423 g/mol. The lowest BCUT2D eigenvalue weighted by atomic mass is 9.87. The maximum Gasteiger partial charge on any atom is 0.0497 e. The van der Waals surface area contributed by atoms with Crippen LogP contribution in [0.1, 0.15) is 56.6 Å². The van der Waals surface area contributed by atoms with Crippen molar-refractivity contribution in [3.8, 4) is 0 Å². The first-order valence-corrected chi connectivity index (χ1v) is 11.8. The summed E-state index contributed by atoms with van der Waals surface area (Å²) in [6.07, 6.45) is 13.3. The smallest absolute Gasteiger partial charge is 0.0497 e. The van der Waals surface area contributed by atoms with Crippen LogP contribution in [0.15, 0.2) is 108 Å². The zero-order chi connectivity index (χ0) is 22.2. The molecule has 2 aromatic rings. The van der Waals surface area contributed by atoms with Gasteiger partial charge in [0.15, 0.2) is 0 Å². The molecule has 0 unspecified atom stereocenters. The summed E-state index contributed by atoms with van der Waals surface area (Å²) in [4.78, 5) is 0. The van der Waals surface area contributed by atoms with Crippen LogP contribution in [0, 0.1) is 0 Å². The van der Waals surface area contributed by atoms with Crippen molar-refractivity contribution in [2.75, 3.05) is 6.54 Å². The van der Waals surface area contributed by atoms with Crippen LogP contribution in [0.4, 0.5) is 0 Å². The second-order valence-electron chi connectivity index (χ2n) is 8.54. The minimum Gasteiger partial charge on any atom is -0.383 e. The Labute approximate surface area is 193 Å². The van der Waals surface area contributed by atoms with E-state index >= 15 is 0 Å². The molecule has 0 aliphatic heterocycles. The van der Waals surface area contributed by atoms with E-state index in [4.69, 9.17) is 0 Å². The van der Waals surface area contributed by atoms with Gasteiger partial charge in [-0.3, -0.25) is 0 Å². The Kier molecular flexibility index (Phi) is 7.45. The van der Waals surface area contributed by atoms with Gasteiger partial charge in [0.2, 0.25) is 0 Å². The topological polar surface area (TPSA) is 24.1 Å². The molecule has 0 radical (unpaired) electrons. The van der Waals surface area contributed by atoms with Gasteiger partial charge >= 0.3 is 0 Å². The molecular weight excluding hydrogens is 388 g/mol. The monoisotopic (exact) mass is 422 g/mol. The largest absolute Gasteiger partial charge is 0.383 e. The molecule has 0 saturated carbocycles. The molecule has 0 fully saturated rings. The van der Waals surface area contributed by atoms with E-state index in [1.807, 2.05) is 13.0 Å². The van der Waals surface area contributed by atoms with E-state index in [0.717, 1.165) is 37.8 Å². The predicted molar refractivity (Wildman–Crippen MR) is 138 cm³/mol. The standard InChI is InChI=1S/C30H34N2/c1-3-13-23(2)22-31-28-20-10-11-21-29(28)32-30-26(24-14-6-4-7-15-24)18-12-19-27(30)25-16-8-5-9-17-25/h3-9,13-18,31-32H,2,10-12,19-22H2,1H3/b13-3-. The van der Waals surface area contributed by atoms with Crippen molar-refractivity contribution in [3.05, 3.63) is 119 Å². The summed E-state index contributed by atoms with van der Waals surface area (Å²) in [6.45, 7) is 6.99. The highest BCUT2D eigenvalue weighted by atomic mass is 15.0. The van der Waals surface area contributed by atoms with Crippen molar-refractivity contribution in [2.24, 2.45) is 0 Å². The molecule has 0 aromatic heterocycles. The van der Waals surface area contributed by atoms with Gasteiger partial charge in [-0.25, -0.2) is 0 Å². The second-order valence-corrected chi connectivity index (χ2v) is 8.54. The van der Waals surface area contributed by atoms with Crippen LogP contribution >= 0.6 is 0 Å². The van der Waals surface area contributed by atoms with Gasteiger partial charge in [0, 0.05) is 29.2 Å². The van der Waals surface area contributed by atoms with E-state index in [-0.39, 0.29) is 0 Å². The average Bonchev–Trinajstić information content (AvgIpc) is 2.85. The van der Waals surface area contributed by atoms with Gasteiger partial charge in [0.1, 0.15) is 0 Å². The molecule has 2 nitrogen and oxygen atoms in total. The zero-order valence-corrected chi connectivity index (χ0v) is 19.2. The van der Waals surface area contributed by atoms with E-state index < -0.39 is 0 Å². The maximum atomic E-state index is 4.16. The maximum absolute atomic E-state index is 4.16. The second kappa shape index (κ2) is 10.9. The number of hydrogen-bond donors (Lipinski definition) is 2. The first-order valence-electron chi connectivity index (χ1n) is 11.8. The van der Waals surface area contributed by atoms with Crippen molar-refractivity contribution < 1.29 is 0 Å². The molecule has 2 aliphatic rings. The fourth-order valence-electron chi connectivity index (χ4n) is 4.61. The zero-order valence-electron chi connectivity index (χ0n) is 19.2. The molecule has 2 aliphatic carbocycles. The van der Waals surface area contributed by atoms with E-state index in [0.29, 0.717) is 0 Å². The molecule has 0 atom stereocenters. The molecule has 0 saturated heterocycles.